The minimum Gasteiger partial charge on any atom is -0.312 e. The maximum atomic E-state index is 10.9. The van der Waals surface area contributed by atoms with Crippen molar-refractivity contribution in [2.24, 2.45) is 5.92 Å². The maximum absolute atomic E-state index is 10.9. The van der Waals surface area contributed by atoms with Gasteiger partial charge in [-0.3, -0.25) is 0 Å². The second-order valence-electron chi connectivity index (χ2n) is 5.86. The van der Waals surface area contributed by atoms with Crippen LogP contribution in [-0.4, -0.2) is 32.5 Å². The molecule has 0 aliphatic carbocycles. The summed E-state index contributed by atoms with van der Waals surface area (Å²) in [4.78, 5) is 0. The molecule has 0 aromatic rings. The Labute approximate surface area is 101 Å². The lowest BCUT2D eigenvalue weighted by Crippen LogP contribution is -2.38. The molecule has 3 nitrogen and oxygen atoms in total. The van der Waals surface area contributed by atoms with Gasteiger partial charge in [0, 0.05) is 17.5 Å². The molecule has 0 fully saturated rings. The highest BCUT2D eigenvalue weighted by Gasteiger charge is 2.11. The Morgan fingerprint density at radius 3 is 2.19 bits per heavy atom. The van der Waals surface area contributed by atoms with Crippen LogP contribution < -0.4 is 5.32 Å². The molecule has 16 heavy (non-hydrogen) atoms. The van der Waals surface area contributed by atoms with Gasteiger partial charge >= 0.3 is 0 Å². The molecule has 0 radical (unpaired) electrons. The fourth-order valence-corrected chi connectivity index (χ4v) is 2.17. The van der Waals surface area contributed by atoms with E-state index in [1.54, 1.807) is 0 Å². The van der Waals surface area contributed by atoms with Gasteiger partial charge in [-0.1, -0.05) is 13.3 Å². The molecule has 0 heterocycles. The van der Waals surface area contributed by atoms with E-state index in [-0.39, 0.29) is 5.54 Å². The van der Waals surface area contributed by atoms with E-state index in [0.29, 0.717) is 11.7 Å². The number of sulfone groups is 1. The van der Waals surface area contributed by atoms with Crippen molar-refractivity contribution in [2.45, 2.75) is 52.5 Å². The zero-order valence-electron chi connectivity index (χ0n) is 11.3. The zero-order valence-corrected chi connectivity index (χ0v) is 12.2. The molecule has 0 aromatic carbocycles. The fraction of sp³-hybridized carbons (Fsp3) is 1.00. The van der Waals surface area contributed by atoms with Crippen LogP contribution in [0.5, 0.6) is 0 Å². The SMILES string of the molecule is CC(CCCCS(C)(=O)=O)CNC(C)(C)C. The van der Waals surface area contributed by atoms with Gasteiger partial charge in [0.15, 0.2) is 0 Å². The van der Waals surface area contributed by atoms with Crippen molar-refractivity contribution in [3.8, 4) is 0 Å². The van der Waals surface area contributed by atoms with Gasteiger partial charge in [-0.15, -0.1) is 0 Å². The summed E-state index contributed by atoms with van der Waals surface area (Å²) in [6.45, 7) is 9.68. The van der Waals surface area contributed by atoms with Gasteiger partial charge in [-0.25, -0.2) is 8.42 Å². The Kier molecular flexibility index (Phi) is 6.56. The van der Waals surface area contributed by atoms with Gasteiger partial charge in [-0.05, 0) is 46.1 Å². The van der Waals surface area contributed by atoms with Crippen molar-refractivity contribution in [1.29, 1.82) is 0 Å². The Morgan fingerprint density at radius 1 is 1.19 bits per heavy atom. The zero-order chi connectivity index (χ0) is 12.8. The molecule has 0 aliphatic heterocycles. The average molecular weight is 249 g/mol. The Morgan fingerprint density at radius 2 is 1.75 bits per heavy atom. The van der Waals surface area contributed by atoms with Crippen molar-refractivity contribution in [3.63, 3.8) is 0 Å². The van der Waals surface area contributed by atoms with E-state index in [1.165, 1.54) is 6.26 Å². The predicted octanol–water partition coefficient (Wildman–Crippen LogP) is 2.23. The lowest BCUT2D eigenvalue weighted by atomic mass is 10.0. The first kappa shape index (κ1) is 15.9. The van der Waals surface area contributed by atoms with E-state index in [4.69, 9.17) is 0 Å². The minimum absolute atomic E-state index is 0.168. The van der Waals surface area contributed by atoms with Crippen LogP contribution in [0.15, 0.2) is 0 Å². The lowest BCUT2D eigenvalue weighted by molar-refractivity contribution is 0.368. The average Bonchev–Trinajstić information content (AvgIpc) is 2.06. The van der Waals surface area contributed by atoms with Crippen LogP contribution in [0.4, 0.5) is 0 Å². The van der Waals surface area contributed by atoms with Crippen LogP contribution in [0.1, 0.15) is 47.0 Å². The van der Waals surface area contributed by atoms with Crippen molar-refractivity contribution in [3.05, 3.63) is 0 Å². The molecule has 1 atom stereocenters. The van der Waals surface area contributed by atoms with E-state index in [1.807, 2.05) is 0 Å². The van der Waals surface area contributed by atoms with E-state index in [0.717, 1.165) is 25.8 Å². The third kappa shape index (κ3) is 12.0. The summed E-state index contributed by atoms with van der Waals surface area (Å²) < 4.78 is 21.8. The van der Waals surface area contributed by atoms with Gasteiger partial charge in [0.25, 0.3) is 0 Å². The second-order valence-corrected chi connectivity index (χ2v) is 8.12. The maximum Gasteiger partial charge on any atom is 0.147 e. The number of nitrogens with one attached hydrogen (secondary N) is 1. The third-order valence-electron chi connectivity index (χ3n) is 2.44. The van der Waals surface area contributed by atoms with Gasteiger partial charge < -0.3 is 5.32 Å². The van der Waals surface area contributed by atoms with E-state index in [9.17, 15) is 8.42 Å². The number of unbranched alkanes of at least 4 members (excludes halogenated alkanes) is 1. The van der Waals surface area contributed by atoms with E-state index >= 15 is 0 Å². The summed E-state index contributed by atoms with van der Waals surface area (Å²) in [6, 6.07) is 0. The molecule has 0 saturated heterocycles. The van der Waals surface area contributed by atoms with Gasteiger partial charge in [0.2, 0.25) is 0 Å². The highest BCUT2D eigenvalue weighted by molar-refractivity contribution is 7.90. The first-order valence-corrected chi connectivity index (χ1v) is 8.09. The summed E-state index contributed by atoms with van der Waals surface area (Å²) in [6.07, 6.45) is 4.19. The second kappa shape index (κ2) is 6.60. The Hall–Kier alpha value is -0.0900. The molecule has 4 heteroatoms. The van der Waals surface area contributed by atoms with Crippen LogP contribution in [0.25, 0.3) is 0 Å². The van der Waals surface area contributed by atoms with Gasteiger partial charge in [0.1, 0.15) is 9.84 Å². The number of hydrogen-bond acceptors (Lipinski definition) is 3. The van der Waals surface area contributed by atoms with Crippen molar-refractivity contribution in [1.82, 2.24) is 5.32 Å². The lowest BCUT2D eigenvalue weighted by Gasteiger charge is -2.23. The summed E-state index contributed by atoms with van der Waals surface area (Å²) in [5.41, 5.74) is 0.168. The third-order valence-corrected chi connectivity index (χ3v) is 3.47. The monoisotopic (exact) mass is 249 g/mol. The molecule has 0 rings (SSSR count). The smallest absolute Gasteiger partial charge is 0.147 e. The summed E-state index contributed by atoms with van der Waals surface area (Å²) in [5.74, 6) is 0.936. The molecular formula is C12H27NO2S. The fourth-order valence-electron chi connectivity index (χ4n) is 1.44. The van der Waals surface area contributed by atoms with Crippen molar-refractivity contribution >= 4 is 9.84 Å². The van der Waals surface area contributed by atoms with Gasteiger partial charge in [0.05, 0.1) is 0 Å². The van der Waals surface area contributed by atoms with Crippen molar-refractivity contribution in [2.75, 3.05) is 18.6 Å². The predicted molar refractivity (Wildman–Crippen MR) is 70.5 cm³/mol. The van der Waals surface area contributed by atoms with Crippen LogP contribution in [0.3, 0.4) is 0 Å². The Bertz CT molecular complexity index is 278. The number of rotatable bonds is 7. The molecule has 0 amide bonds. The van der Waals surface area contributed by atoms with Gasteiger partial charge in [-0.2, -0.15) is 0 Å². The van der Waals surface area contributed by atoms with E-state index < -0.39 is 9.84 Å². The van der Waals surface area contributed by atoms with Crippen LogP contribution in [0, 0.1) is 5.92 Å². The molecule has 0 bridgehead atoms. The highest BCUT2D eigenvalue weighted by Crippen LogP contribution is 2.09. The molecule has 98 valence electrons. The van der Waals surface area contributed by atoms with Crippen LogP contribution >= 0.6 is 0 Å². The summed E-state index contributed by atoms with van der Waals surface area (Å²) >= 11 is 0. The quantitative estimate of drug-likeness (QED) is 0.704. The molecule has 1 N–H and O–H groups in total. The topological polar surface area (TPSA) is 46.2 Å². The molecule has 0 aliphatic rings. The molecule has 1 unspecified atom stereocenters. The summed E-state index contributed by atoms with van der Waals surface area (Å²) in [7, 11) is -2.77. The van der Waals surface area contributed by atoms with Crippen molar-refractivity contribution < 1.29 is 8.42 Å². The summed E-state index contributed by atoms with van der Waals surface area (Å²) in [5, 5.41) is 3.46. The first-order chi connectivity index (χ1) is 7.10. The molecule has 0 aromatic heterocycles. The largest absolute Gasteiger partial charge is 0.312 e. The number of hydrogen-bond donors (Lipinski definition) is 1. The molecule has 0 spiro atoms. The highest BCUT2D eigenvalue weighted by atomic mass is 32.2. The molecule has 0 saturated carbocycles. The van der Waals surface area contributed by atoms with Crippen LogP contribution in [0.2, 0.25) is 0 Å². The molecular weight excluding hydrogens is 222 g/mol. The standard InChI is InChI=1S/C12H27NO2S/c1-11(10-13-12(2,3)4)8-6-7-9-16(5,14)15/h11,13H,6-10H2,1-5H3. The first-order valence-electron chi connectivity index (χ1n) is 6.03. The van der Waals surface area contributed by atoms with E-state index in [2.05, 4.69) is 33.0 Å². The minimum atomic E-state index is -2.77. The normalized spacial score (nSPS) is 15.1. The Balaban J connectivity index is 3.55. The van der Waals surface area contributed by atoms with Crippen LogP contribution in [-0.2, 0) is 9.84 Å².